The van der Waals surface area contributed by atoms with Crippen molar-refractivity contribution in [3.63, 3.8) is 0 Å². The lowest BCUT2D eigenvalue weighted by Gasteiger charge is -2.44. The Morgan fingerprint density at radius 1 is 1.59 bits per heavy atom. The summed E-state index contributed by atoms with van der Waals surface area (Å²) in [6.45, 7) is 1.45. The number of fused-ring (bicyclic) bond motifs is 1. The van der Waals surface area contributed by atoms with E-state index in [-0.39, 0.29) is 17.7 Å². The molecule has 22 heavy (non-hydrogen) atoms. The Morgan fingerprint density at radius 2 is 2.23 bits per heavy atom. The first kappa shape index (κ1) is 16.4. The number of hydrogen-bond donors (Lipinski definition) is 4. The van der Waals surface area contributed by atoms with Gasteiger partial charge in [0.15, 0.2) is 9.84 Å². The van der Waals surface area contributed by atoms with Gasteiger partial charge in [0.25, 0.3) is 0 Å². The minimum atomic E-state index is -3.65. The van der Waals surface area contributed by atoms with Gasteiger partial charge >= 0.3 is 5.97 Å². The van der Waals surface area contributed by atoms with Crippen LogP contribution in [0.4, 0.5) is 0 Å². The van der Waals surface area contributed by atoms with Gasteiger partial charge in [0.1, 0.15) is 11.6 Å². The minimum Gasteiger partial charge on any atom is -0.477 e. The van der Waals surface area contributed by atoms with Crippen molar-refractivity contribution in [1.29, 1.82) is 5.41 Å². The summed E-state index contributed by atoms with van der Waals surface area (Å²) in [4.78, 5) is 24.4. The lowest BCUT2D eigenvalue weighted by molar-refractivity contribution is -0.161. The second-order valence-corrected chi connectivity index (χ2v) is 7.45. The molecule has 0 bridgehead atoms. The topological polar surface area (TPSA) is 148 Å². The van der Waals surface area contributed by atoms with Crippen LogP contribution in [0.25, 0.3) is 0 Å². The lowest BCUT2D eigenvalue weighted by atomic mass is 9.83. The van der Waals surface area contributed by atoms with Gasteiger partial charge in [0, 0.05) is 0 Å². The van der Waals surface area contributed by atoms with Crippen molar-refractivity contribution in [3.05, 3.63) is 11.3 Å². The monoisotopic (exact) mass is 331 g/mol. The average molecular weight is 331 g/mol. The lowest BCUT2D eigenvalue weighted by Crippen LogP contribution is -2.61. The Hall–Kier alpha value is -1.94. The third-order valence-electron chi connectivity index (χ3n) is 3.82. The minimum absolute atomic E-state index is 0.118. The number of carboxylic acid groups (broad SMARTS) is 1. The molecule has 2 aliphatic heterocycles. The normalized spacial score (nSPS) is 25.5. The maximum atomic E-state index is 12.0. The highest BCUT2D eigenvalue weighted by Gasteiger charge is 2.56. The van der Waals surface area contributed by atoms with Gasteiger partial charge in [-0.2, -0.15) is 0 Å². The number of aliphatic hydroxyl groups excluding tert-OH is 1. The van der Waals surface area contributed by atoms with Crippen molar-refractivity contribution in [3.8, 4) is 0 Å². The fourth-order valence-corrected chi connectivity index (χ4v) is 4.20. The number of aliphatic hydroxyl groups is 1. The number of hydrogen-bond acceptors (Lipinski definition) is 6. The summed E-state index contributed by atoms with van der Waals surface area (Å²) in [6, 6.07) is -0.500. The number of nitrogens with zero attached hydrogens (tertiary/aromatic N) is 1. The standard InChI is InChI=1S/C12H17N3O6S/c1-6(16)9-8-2-7(3-22(20,21)5-14-4-13)10(12(18)19)15(8)11(9)17/h4,6,8-9,16H,2-3,5H2,1H3,(H2,13,14)(H,18,19). The molecule has 0 saturated carbocycles. The summed E-state index contributed by atoms with van der Waals surface area (Å²) >= 11 is 0. The Labute approximate surface area is 127 Å². The molecule has 0 radical (unpaired) electrons. The zero-order chi connectivity index (χ0) is 16.7. The SMILES string of the molecule is CC(O)C1C(=O)N2C(C(=O)O)=C(CS(=O)(=O)CNC=N)CC12. The molecule has 2 rings (SSSR count). The molecule has 0 aromatic heterocycles. The van der Waals surface area contributed by atoms with Gasteiger partial charge in [-0.3, -0.25) is 10.2 Å². The first-order valence-corrected chi connectivity index (χ1v) is 8.41. The number of amides is 1. The molecule has 0 spiro atoms. The second-order valence-electron chi connectivity index (χ2n) is 5.38. The van der Waals surface area contributed by atoms with E-state index in [4.69, 9.17) is 5.41 Å². The van der Waals surface area contributed by atoms with Crippen LogP contribution in [0, 0.1) is 11.3 Å². The van der Waals surface area contributed by atoms with Crippen molar-refractivity contribution in [2.45, 2.75) is 25.5 Å². The fourth-order valence-electron chi connectivity index (χ4n) is 2.98. The van der Waals surface area contributed by atoms with E-state index in [0.717, 1.165) is 11.2 Å². The molecule has 10 heteroatoms. The van der Waals surface area contributed by atoms with Crippen LogP contribution in [-0.4, -0.2) is 65.5 Å². The quantitative estimate of drug-likeness (QED) is 0.252. The number of rotatable bonds is 7. The molecule has 0 aromatic rings. The molecule has 0 aromatic carbocycles. The highest BCUT2D eigenvalue weighted by molar-refractivity contribution is 7.91. The van der Waals surface area contributed by atoms with Crippen LogP contribution in [0.5, 0.6) is 0 Å². The molecule has 3 unspecified atom stereocenters. The number of carbonyl (C=O) groups is 2. The number of nitrogens with one attached hydrogen (secondary N) is 2. The maximum absolute atomic E-state index is 12.0. The molecule has 1 fully saturated rings. The first-order chi connectivity index (χ1) is 10.2. The van der Waals surface area contributed by atoms with Crippen LogP contribution >= 0.6 is 0 Å². The van der Waals surface area contributed by atoms with Crippen molar-refractivity contribution < 1.29 is 28.2 Å². The van der Waals surface area contributed by atoms with Crippen molar-refractivity contribution in [2.24, 2.45) is 5.92 Å². The molecular formula is C12H17N3O6S. The van der Waals surface area contributed by atoms with Crippen LogP contribution in [0.1, 0.15) is 13.3 Å². The van der Waals surface area contributed by atoms with Crippen LogP contribution in [0.3, 0.4) is 0 Å². The largest absolute Gasteiger partial charge is 0.477 e. The van der Waals surface area contributed by atoms with E-state index in [2.05, 4.69) is 5.32 Å². The average Bonchev–Trinajstić information content (AvgIpc) is 2.70. The summed E-state index contributed by atoms with van der Waals surface area (Å²) in [6.07, 6.45) is -0.0645. The summed E-state index contributed by atoms with van der Waals surface area (Å²) < 4.78 is 23.8. The molecule has 2 aliphatic rings. The molecule has 1 saturated heterocycles. The van der Waals surface area contributed by atoms with Gasteiger partial charge in [0.05, 0.1) is 30.2 Å². The number of sulfone groups is 1. The predicted octanol–water partition coefficient (Wildman–Crippen LogP) is -1.49. The van der Waals surface area contributed by atoms with Crippen LogP contribution in [0.15, 0.2) is 11.3 Å². The summed E-state index contributed by atoms with van der Waals surface area (Å²) in [5.41, 5.74) is -0.147. The highest BCUT2D eigenvalue weighted by Crippen LogP contribution is 2.43. The first-order valence-electron chi connectivity index (χ1n) is 6.59. The molecule has 1 amide bonds. The van der Waals surface area contributed by atoms with Gasteiger partial charge in [-0.15, -0.1) is 0 Å². The van der Waals surface area contributed by atoms with Crippen molar-refractivity contribution in [1.82, 2.24) is 10.2 Å². The molecule has 4 N–H and O–H groups in total. The number of carbonyl (C=O) groups excluding carboxylic acids is 1. The molecule has 2 heterocycles. The Morgan fingerprint density at radius 3 is 2.73 bits per heavy atom. The van der Waals surface area contributed by atoms with Crippen LogP contribution < -0.4 is 5.32 Å². The summed E-state index contributed by atoms with van der Waals surface area (Å²) in [7, 11) is -3.65. The van der Waals surface area contributed by atoms with E-state index in [9.17, 15) is 28.2 Å². The summed E-state index contributed by atoms with van der Waals surface area (Å²) in [5.74, 6) is -3.53. The molecular weight excluding hydrogens is 314 g/mol. The molecule has 9 nitrogen and oxygen atoms in total. The van der Waals surface area contributed by atoms with Gasteiger partial charge in [-0.1, -0.05) is 0 Å². The number of β-lactam (4-membered cyclic amide) rings is 1. The fraction of sp³-hybridized carbons (Fsp3) is 0.583. The highest BCUT2D eigenvalue weighted by atomic mass is 32.2. The molecule has 3 atom stereocenters. The van der Waals surface area contributed by atoms with E-state index in [0.29, 0.717) is 0 Å². The molecule has 0 aliphatic carbocycles. The molecule has 122 valence electrons. The van der Waals surface area contributed by atoms with Crippen molar-refractivity contribution in [2.75, 3.05) is 11.6 Å². The number of aliphatic carboxylic acids is 1. The Kier molecular flexibility index (Phi) is 4.25. The van der Waals surface area contributed by atoms with Gasteiger partial charge in [-0.25, -0.2) is 13.2 Å². The van der Waals surface area contributed by atoms with Gasteiger partial charge < -0.3 is 20.4 Å². The van der Waals surface area contributed by atoms with Gasteiger partial charge in [-0.05, 0) is 18.9 Å². The third-order valence-corrected chi connectivity index (χ3v) is 5.22. The van der Waals surface area contributed by atoms with E-state index in [1.807, 2.05) is 0 Å². The van der Waals surface area contributed by atoms with Crippen LogP contribution in [0.2, 0.25) is 0 Å². The van der Waals surface area contributed by atoms with E-state index >= 15 is 0 Å². The second kappa shape index (κ2) is 5.69. The maximum Gasteiger partial charge on any atom is 0.352 e. The van der Waals surface area contributed by atoms with Crippen LogP contribution in [-0.2, 0) is 19.4 Å². The number of carboxylic acids is 1. The Bertz CT molecular complexity index is 654. The van der Waals surface area contributed by atoms with E-state index < -0.39 is 51.4 Å². The van der Waals surface area contributed by atoms with E-state index in [1.165, 1.54) is 6.92 Å². The third kappa shape index (κ3) is 2.71. The smallest absolute Gasteiger partial charge is 0.352 e. The van der Waals surface area contributed by atoms with Crippen molar-refractivity contribution >= 4 is 28.1 Å². The zero-order valence-electron chi connectivity index (χ0n) is 11.8. The Balaban J connectivity index is 2.26. The van der Waals surface area contributed by atoms with Gasteiger partial charge in [0.2, 0.25) is 5.91 Å². The predicted molar refractivity (Wildman–Crippen MR) is 75.7 cm³/mol. The van der Waals surface area contributed by atoms with E-state index in [1.54, 1.807) is 0 Å². The summed E-state index contributed by atoms with van der Waals surface area (Å²) in [5, 5.41) is 27.8. The zero-order valence-corrected chi connectivity index (χ0v) is 12.6.